The Morgan fingerprint density at radius 2 is 2.38 bits per heavy atom. The van der Waals surface area contributed by atoms with Gasteiger partial charge in [0.2, 0.25) is 0 Å². The fourth-order valence-corrected chi connectivity index (χ4v) is 3.76. The summed E-state index contributed by atoms with van der Waals surface area (Å²) in [6, 6.07) is 4.66. The molecule has 1 aromatic heterocycles. The Hall–Kier alpha value is 0.1000. The number of likely N-dealkylation sites (N-methyl/N-ethyl adjacent to an activating group) is 1. The van der Waals surface area contributed by atoms with Gasteiger partial charge in [-0.15, -0.1) is 11.3 Å². The molecule has 1 saturated heterocycles. The molecule has 4 heteroatoms. The van der Waals surface area contributed by atoms with E-state index < -0.39 is 0 Å². The molecule has 0 spiro atoms. The molecule has 3 unspecified atom stereocenters. The van der Waals surface area contributed by atoms with Crippen LogP contribution in [-0.4, -0.2) is 18.8 Å². The van der Waals surface area contributed by atoms with Crippen molar-refractivity contribution in [2.45, 2.75) is 44.9 Å². The lowest BCUT2D eigenvalue weighted by Crippen LogP contribution is -2.31. The van der Waals surface area contributed by atoms with Crippen molar-refractivity contribution in [1.29, 1.82) is 0 Å². The van der Waals surface area contributed by atoms with Crippen LogP contribution in [0.5, 0.6) is 0 Å². The maximum Gasteiger partial charge on any atom is 0.0782 e. The highest BCUT2D eigenvalue weighted by Gasteiger charge is 2.30. The molecule has 16 heavy (non-hydrogen) atoms. The third-order valence-corrected chi connectivity index (χ3v) is 4.67. The molecule has 2 nitrogen and oxygen atoms in total. The van der Waals surface area contributed by atoms with Crippen molar-refractivity contribution in [1.82, 2.24) is 5.32 Å². The molecule has 1 aliphatic heterocycles. The van der Waals surface area contributed by atoms with E-state index in [0.717, 1.165) is 13.0 Å². The van der Waals surface area contributed by atoms with Crippen LogP contribution >= 0.6 is 27.3 Å². The summed E-state index contributed by atoms with van der Waals surface area (Å²) in [7, 11) is 0. The van der Waals surface area contributed by atoms with Gasteiger partial charge in [0.1, 0.15) is 0 Å². The van der Waals surface area contributed by atoms with Gasteiger partial charge in [-0.1, -0.05) is 6.92 Å². The highest BCUT2D eigenvalue weighted by Crippen LogP contribution is 2.34. The Morgan fingerprint density at radius 3 is 2.88 bits per heavy atom. The summed E-state index contributed by atoms with van der Waals surface area (Å²) in [5, 5.41) is 3.54. The largest absolute Gasteiger partial charge is 0.373 e. The Morgan fingerprint density at radius 1 is 1.56 bits per heavy atom. The maximum absolute atomic E-state index is 5.97. The second-order valence-electron chi connectivity index (χ2n) is 4.24. The molecule has 1 N–H and O–H groups in total. The molecule has 1 aromatic rings. The lowest BCUT2D eigenvalue weighted by Gasteiger charge is -2.23. The van der Waals surface area contributed by atoms with E-state index in [4.69, 9.17) is 4.74 Å². The molecule has 0 bridgehead atoms. The molecule has 1 aliphatic rings. The van der Waals surface area contributed by atoms with Gasteiger partial charge in [0.05, 0.1) is 22.0 Å². The monoisotopic (exact) mass is 303 g/mol. The van der Waals surface area contributed by atoms with Crippen molar-refractivity contribution < 1.29 is 4.74 Å². The Labute approximate surface area is 110 Å². The van der Waals surface area contributed by atoms with Crippen LogP contribution in [0.15, 0.2) is 15.9 Å². The molecule has 0 aliphatic carbocycles. The molecular formula is C12H18BrNOS. The van der Waals surface area contributed by atoms with Crippen LogP contribution in [0.1, 0.15) is 37.6 Å². The number of hydrogen-bond acceptors (Lipinski definition) is 3. The highest BCUT2D eigenvalue weighted by molar-refractivity contribution is 9.11. The van der Waals surface area contributed by atoms with Gasteiger partial charge in [0.25, 0.3) is 0 Å². The summed E-state index contributed by atoms with van der Waals surface area (Å²) in [5.74, 6) is 0. The molecule has 2 rings (SSSR count). The minimum atomic E-state index is 0.334. The molecule has 2 heterocycles. The number of thiophene rings is 1. The summed E-state index contributed by atoms with van der Waals surface area (Å²) >= 11 is 5.32. The van der Waals surface area contributed by atoms with Gasteiger partial charge in [-0.2, -0.15) is 0 Å². The molecule has 0 amide bonds. The van der Waals surface area contributed by atoms with Crippen molar-refractivity contribution in [3.63, 3.8) is 0 Å². The van der Waals surface area contributed by atoms with Crippen molar-refractivity contribution in [3.05, 3.63) is 20.8 Å². The average molecular weight is 304 g/mol. The minimum Gasteiger partial charge on any atom is -0.373 e. The highest BCUT2D eigenvalue weighted by atomic mass is 79.9. The third-order valence-electron chi connectivity index (χ3n) is 2.96. The molecule has 3 atom stereocenters. The molecule has 0 saturated carbocycles. The van der Waals surface area contributed by atoms with Crippen molar-refractivity contribution in [2.24, 2.45) is 0 Å². The smallest absolute Gasteiger partial charge is 0.0782 e. The van der Waals surface area contributed by atoms with E-state index in [2.05, 4.69) is 47.2 Å². The lowest BCUT2D eigenvalue weighted by molar-refractivity contribution is 0.0327. The number of hydrogen-bond donors (Lipinski definition) is 1. The average Bonchev–Trinajstić information content (AvgIpc) is 2.84. The third kappa shape index (κ3) is 2.86. The SMILES string of the molecule is CCNC(c1ccc(Br)s1)C1CCC(C)O1. The van der Waals surface area contributed by atoms with Crippen molar-refractivity contribution >= 4 is 27.3 Å². The number of rotatable bonds is 4. The summed E-state index contributed by atoms with van der Waals surface area (Å²) in [5.41, 5.74) is 0. The predicted octanol–water partition coefficient (Wildman–Crippen LogP) is 3.73. The van der Waals surface area contributed by atoms with Crippen LogP contribution in [0.3, 0.4) is 0 Å². The first kappa shape index (κ1) is 12.6. The predicted molar refractivity (Wildman–Crippen MR) is 72.0 cm³/mol. The van der Waals surface area contributed by atoms with Crippen LogP contribution in [0.2, 0.25) is 0 Å². The summed E-state index contributed by atoms with van der Waals surface area (Å²) < 4.78 is 7.16. The topological polar surface area (TPSA) is 21.3 Å². The number of halogens is 1. The minimum absolute atomic E-state index is 0.334. The van der Waals surface area contributed by atoms with Crippen LogP contribution < -0.4 is 5.32 Å². The van der Waals surface area contributed by atoms with Gasteiger partial charge < -0.3 is 10.1 Å². The quantitative estimate of drug-likeness (QED) is 0.915. The number of ether oxygens (including phenoxy) is 1. The Bertz CT molecular complexity index is 342. The maximum atomic E-state index is 5.97. The Balaban J connectivity index is 2.10. The number of nitrogens with one attached hydrogen (secondary N) is 1. The molecule has 1 fully saturated rings. The van der Waals surface area contributed by atoms with E-state index in [1.54, 1.807) is 11.3 Å². The summed E-state index contributed by atoms with van der Waals surface area (Å²) in [6.45, 7) is 5.29. The second-order valence-corrected chi connectivity index (χ2v) is 6.73. The molecule has 0 aromatic carbocycles. The van der Waals surface area contributed by atoms with Gasteiger partial charge in [0.15, 0.2) is 0 Å². The van der Waals surface area contributed by atoms with Crippen molar-refractivity contribution in [2.75, 3.05) is 6.54 Å². The van der Waals surface area contributed by atoms with Crippen LogP contribution in [0.4, 0.5) is 0 Å². The van der Waals surface area contributed by atoms with Gasteiger partial charge >= 0.3 is 0 Å². The fraction of sp³-hybridized carbons (Fsp3) is 0.667. The zero-order valence-corrected chi connectivity index (χ0v) is 12.1. The standard InChI is InChI=1S/C12H18BrNOS/c1-3-14-12(9-5-4-8(2)15-9)10-6-7-11(13)16-10/h6-9,12,14H,3-5H2,1-2H3. The summed E-state index contributed by atoms with van der Waals surface area (Å²) in [4.78, 5) is 1.37. The lowest BCUT2D eigenvalue weighted by atomic mass is 10.1. The van der Waals surface area contributed by atoms with E-state index in [-0.39, 0.29) is 0 Å². The van der Waals surface area contributed by atoms with Gasteiger partial charge in [-0.05, 0) is 54.4 Å². The zero-order chi connectivity index (χ0) is 11.5. The zero-order valence-electron chi connectivity index (χ0n) is 9.70. The normalized spacial score (nSPS) is 27.2. The van der Waals surface area contributed by atoms with Crippen LogP contribution in [0.25, 0.3) is 0 Å². The molecule has 0 radical (unpaired) electrons. The Kier molecular flexibility index (Phi) is 4.41. The molecule has 90 valence electrons. The second kappa shape index (κ2) is 5.63. The summed E-state index contributed by atoms with van der Waals surface area (Å²) in [6.07, 6.45) is 3.09. The first-order valence-electron chi connectivity index (χ1n) is 5.84. The van der Waals surface area contributed by atoms with Crippen LogP contribution in [-0.2, 0) is 4.74 Å². The van der Waals surface area contributed by atoms with E-state index in [1.165, 1.54) is 15.1 Å². The fourth-order valence-electron chi connectivity index (χ4n) is 2.21. The van der Waals surface area contributed by atoms with E-state index in [1.807, 2.05) is 0 Å². The molecular weight excluding hydrogens is 286 g/mol. The van der Waals surface area contributed by atoms with E-state index in [9.17, 15) is 0 Å². The van der Waals surface area contributed by atoms with Crippen LogP contribution in [0, 0.1) is 0 Å². The van der Waals surface area contributed by atoms with Gasteiger partial charge in [0, 0.05) is 4.88 Å². The first-order chi connectivity index (χ1) is 7.70. The van der Waals surface area contributed by atoms with Gasteiger partial charge in [-0.25, -0.2) is 0 Å². The van der Waals surface area contributed by atoms with E-state index >= 15 is 0 Å². The first-order valence-corrected chi connectivity index (χ1v) is 7.45. The van der Waals surface area contributed by atoms with Gasteiger partial charge in [-0.3, -0.25) is 0 Å². The van der Waals surface area contributed by atoms with Crippen molar-refractivity contribution in [3.8, 4) is 0 Å². The van der Waals surface area contributed by atoms with E-state index in [0.29, 0.717) is 18.2 Å².